The van der Waals surface area contributed by atoms with Gasteiger partial charge in [0.15, 0.2) is 0 Å². The Morgan fingerprint density at radius 2 is 1.41 bits per heavy atom. The predicted molar refractivity (Wildman–Crippen MR) is 122 cm³/mol. The highest BCUT2D eigenvalue weighted by Gasteiger charge is 2.11. The topological polar surface area (TPSA) is 16.1 Å². The third-order valence-corrected chi connectivity index (χ3v) is 5.97. The second-order valence-corrected chi connectivity index (χ2v) is 8.23. The summed E-state index contributed by atoms with van der Waals surface area (Å²) in [5.41, 5.74) is 6.91. The highest BCUT2D eigenvalue weighted by atomic mass is 35.5. The molecule has 3 aromatic carbocycles. The average Bonchev–Trinajstić information content (AvgIpc) is 3.27. The van der Waals surface area contributed by atoms with Crippen LogP contribution in [0.2, 0.25) is 5.02 Å². The van der Waals surface area contributed by atoms with E-state index < -0.39 is 0 Å². The van der Waals surface area contributed by atoms with Crippen molar-refractivity contribution in [3.8, 4) is 22.4 Å². The molecule has 1 aliphatic heterocycles. The predicted octanol–water partition coefficient (Wildman–Crippen LogP) is 6.82. The molecular formula is C26H23ClN2. The van der Waals surface area contributed by atoms with E-state index in [9.17, 15) is 0 Å². The van der Waals surface area contributed by atoms with Crippen LogP contribution in [0.5, 0.6) is 0 Å². The first kappa shape index (κ1) is 18.4. The molecule has 0 bridgehead atoms. The smallest absolute Gasteiger partial charge is 0.0709 e. The van der Waals surface area contributed by atoms with Crippen molar-refractivity contribution in [3.05, 3.63) is 89.4 Å². The van der Waals surface area contributed by atoms with Gasteiger partial charge in [-0.1, -0.05) is 60.1 Å². The van der Waals surface area contributed by atoms with Gasteiger partial charge in [-0.05, 0) is 73.0 Å². The molecule has 144 valence electrons. The van der Waals surface area contributed by atoms with Crippen LogP contribution in [0.1, 0.15) is 18.4 Å². The molecule has 5 rings (SSSR count). The molecule has 4 aromatic rings. The van der Waals surface area contributed by atoms with Crippen molar-refractivity contribution in [1.82, 2.24) is 9.88 Å². The van der Waals surface area contributed by atoms with Crippen LogP contribution in [-0.2, 0) is 6.54 Å². The van der Waals surface area contributed by atoms with Gasteiger partial charge in [-0.15, -0.1) is 0 Å². The lowest BCUT2D eigenvalue weighted by molar-refractivity contribution is 0.331. The summed E-state index contributed by atoms with van der Waals surface area (Å²) >= 11 is 6.01. The van der Waals surface area contributed by atoms with Gasteiger partial charge in [-0.2, -0.15) is 0 Å². The molecule has 1 aliphatic rings. The van der Waals surface area contributed by atoms with Crippen molar-refractivity contribution in [3.63, 3.8) is 0 Å². The average molecular weight is 399 g/mol. The zero-order valence-electron chi connectivity index (χ0n) is 16.3. The van der Waals surface area contributed by atoms with E-state index in [-0.39, 0.29) is 0 Å². The number of pyridine rings is 1. The number of hydrogen-bond acceptors (Lipinski definition) is 2. The van der Waals surface area contributed by atoms with Gasteiger partial charge in [0.2, 0.25) is 0 Å². The number of rotatable bonds is 4. The maximum absolute atomic E-state index is 6.01. The Morgan fingerprint density at radius 1 is 0.724 bits per heavy atom. The molecule has 2 nitrogen and oxygen atoms in total. The lowest BCUT2D eigenvalue weighted by Crippen LogP contribution is -2.18. The Kier molecular flexibility index (Phi) is 5.05. The number of aromatic nitrogens is 1. The standard InChI is InChI=1S/C26H23ClN2/c27-24-11-7-20(8-12-24)22-9-13-26-23(17-22)10-14-25(28-26)21-5-3-19(4-6-21)18-29-15-1-2-16-29/h3-14,17H,1-2,15-16,18H2. The summed E-state index contributed by atoms with van der Waals surface area (Å²) in [6.07, 6.45) is 2.66. The largest absolute Gasteiger partial charge is 0.299 e. The van der Waals surface area contributed by atoms with Gasteiger partial charge in [0.25, 0.3) is 0 Å². The van der Waals surface area contributed by atoms with Crippen LogP contribution in [0.4, 0.5) is 0 Å². The molecule has 1 aromatic heterocycles. The summed E-state index contributed by atoms with van der Waals surface area (Å²) in [5, 5.41) is 1.90. The lowest BCUT2D eigenvalue weighted by atomic mass is 10.0. The van der Waals surface area contributed by atoms with Crippen LogP contribution >= 0.6 is 11.6 Å². The molecule has 2 heterocycles. The summed E-state index contributed by atoms with van der Waals surface area (Å²) in [6, 6.07) is 27.5. The second kappa shape index (κ2) is 7.98. The Hall–Kier alpha value is -2.68. The molecule has 0 aliphatic carbocycles. The van der Waals surface area contributed by atoms with E-state index in [0.29, 0.717) is 0 Å². The van der Waals surface area contributed by atoms with Crippen molar-refractivity contribution in [2.45, 2.75) is 19.4 Å². The lowest BCUT2D eigenvalue weighted by Gasteiger charge is -2.14. The molecule has 0 amide bonds. The monoisotopic (exact) mass is 398 g/mol. The van der Waals surface area contributed by atoms with Gasteiger partial charge in [-0.25, -0.2) is 4.98 Å². The van der Waals surface area contributed by atoms with E-state index in [0.717, 1.165) is 33.7 Å². The first-order valence-electron chi connectivity index (χ1n) is 10.2. The van der Waals surface area contributed by atoms with E-state index in [4.69, 9.17) is 16.6 Å². The van der Waals surface area contributed by atoms with E-state index in [1.165, 1.54) is 42.6 Å². The van der Waals surface area contributed by atoms with Crippen molar-refractivity contribution >= 4 is 22.5 Å². The maximum atomic E-state index is 6.01. The van der Waals surface area contributed by atoms with Gasteiger partial charge >= 0.3 is 0 Å². The number of fused-ring (bicyclic) bond motifs is 1. The molecule has 0 saturated carbocycles. The van der Waals surface area contributed by atoms with Crippen molar-refractivity contribution in [2.75, 3.05) is 13.1 Å². The van der Waals surface area contributed by atoms with Gasteiger partial charge in [0.1, 0.15) is 0 Å². The highest BCUT2D eigenvalue weighted by Crippen LogP contribution is 2.27. The first-order valence-corrected chi connectivity index (χ1v) is 10.6. The van der Waals surface area contributed by atoms with Crippen LogP contribution in [0, 0.1) is 0 Å². The van der Waals surface area contributed by atoms with Crippen LogP contribution in [0.3, 0.4) is 0 Å². The van der Waals surface area contributed by atoms with E-state index >= 15 is 0 Å². The molecule has 1 fully saturated rings. The third kappa shape index (κ3) is 4.05. The summed E-state index contributed by atoms with van der Waals surface area (Å²) < 4.78 is 0. The molecule has 3 heteroatoms. The van der Waals surface area contributed by atoms with Crippen LogP contribution in [0.15, 0.2) is 78.9 Å². The molecule has 1 saturated heterocycles. The van der Waals surface area contributed by atoms with Gasteiger partial charge in [-0.3, -0.25) is 4.90 Å². The van der Waals surface area contributed by atoms with Crippen LogP contribution in [0.25, 0.3) is 33.3 Å². The van der Waals surface area contributed by atoms with Crippen molar-refractivity contribution in [1.29, 1.82) is 0 Å². The fourth-order valence-electron chi connectivity index (χ4n) is 4.09. The Bertz CT molecular complexity index is 1130. The highest BCUT2D eigenvalue weighted by molar-refractivity contribution is 6.30. The number of halogens is 1. The first-order chi connectivity index (χ1) is 14.2. The van der Waals surface area contributed by atoms with Crippen molar-refractivity contribution < 1.29 is 0 Å². The maximum Gasteiger partial charge on any atom is 0.0709 e. The minimum atomic E-state index is 0.757. The number of hydrogen-bond donors (Lipinski definition) is 0. The zero-order valence-corrected chi connectivity index (χ0v) is 17.1. The molecular weight excluding hydrogens is 376 g/mol. The van der Waals surface area contributed by atoms with E-state index in [2.05, 4.69) is 71.6 Å². The summed E-state index contributed by atoms with van der Waals surface area (Å²) in [7, 11) is 0. The molecule has 0 radical (unpaired) electrons. The summed E-state index contributed by atoms with van der Waals surface area (Å²) in [6.45, 7) is 3.51. The number of nitrogens with zero attached hydrogens (tertiary/aromatic N) is 2. The van der Waals surface area contributed by atoms with Gasteiger partial charge in [0, 0.05) is 22.5 Å². The molecule has 0 spiro atoms. The number of likely N-dealkylation sites (tertiary alicyclic amines) is 1. The fourth-order valence-corrected chi connectivity index (χ4v) is 4.21. The minimum Gasteiger partial charge on any atom is -0.299 e. The zero-order chi connectivity index (χ0) is 19.6. The van der Waals surface area contributed by atoms with Crippen LogP contribution in [-0.4, -0.2) is 23.0 Å². The Labute approximate surface area is 176 Å². The van der Waals surface area contributed by atoms with E-state index in [1.807, 2.05) is 12.1 Å². The second-order valence-electron chi connectivity index (χ2n) is 7.79. The molecule has 0 atom stereocenters. The fraction of sp³-hybridized carbons (Fsp3) is 0.192. The molecule has 0 unspecified atom stereocenters. The quantitative estimate of drug-likeness (QED) is 0.375. The van der Waals surface area contributed by atoms with Crippen molar-refractivity contribution in [2.24, 2.45) is 0 Å². The normalized spacial score (nSPS) is 14.5. The summed E-state index contributed by atoms with van der Waals surface area (Å²) in [4.78, 5) is 7.43. The Balaban J connectivity index is 1.39. The summed E-state index contributed by atoms with van der Waals surface area (Å²) in [5.74, 6) is 0. The minimum absolute atomic E-state index is 0.757. The van der Waals surface area contributed by atoms with E-state index in [1.54, 1.807) is 0 Å². The SMILES string of the molecule is Clc1ccc(-c2ccc3nc(-c4ccc(CN5CCCC5)cc4)ccc3c2)cc1. The number of benzene rings is 3. The van der Waals surface area contributed by atoms with Crippen LogP contribution < -0.4 is 0 Å². The van der Waals surface area contributed by atoms with Gasteiger partial charge in [0.05, 0.1) is 11.2 Å². The van der Waals surface area contributed by atoms with Gasteiger partial charge < -0.3 is 0 Å². The molecule has 0 N–H and O–H groups in total. The molecule has 29 heavy (non-hydrogen) atoms. The third-order valence-electron chi connectivity index (χ3n) is 5.72. The Morgan fingerprint density at radius 3 is 2.17 bits per heavy atom.